The lowest BCUT2D eigenvalue weighted by molar-refractivity contribution is -0.137. The number of alkyl halides is 3. The molecule has 0 radical (unpaired) electrons. The van der Waals surface area contributed by atoms with Crippen LogP contribution in [0.2, 0.25) is 0 Å². The average molecular weight is 519 g/mol. The molecule has 5 aromatic rings. The highest BCUT2D eigenvalue weighted by atomic mass is 19.4. The molecule has 1 aromatic carbocycles. The van der Waals surface area contributed by atoms with Gasteiger partial charge < -0.3 is 20.2 Å². The Hall–Kier alpha value is -4.44. The lowest BCUT2D eigenvalue weighted by Gasteiger charge is -2.13. The molecule has 194 valence electrons. The molecule has 3 N–H and O–H groups in total. The van der Waals surface area contributed by atoms with Crippen molar-refractivity contribution in [3.63, 3.8) is 0 Å². The van der Waals surface area contributed by atoms with Crippen molar-refractivity contribution in [2.75, 3.05) is 26.0 Å². The zero-order valence-corrected chi connectivity index (χ0v) is 20.9. The van der Waals surface area contributed by atoms with Gasteiger partial charge in [0.2, 0.25) is 5.91 Å². The Labute approximate surface area is 216 Å². The molecule has 4 aromatic heterocycles. The molecule has 0 aliphatic carbocycles. The van der Waals surface area contributed by atoms with Gasteiger partial charge in [0, 0.05) is 64.5 Å². The normalized spacial score (nSPS) is 12.3. The number of H-pyrrole nitrogens is 2. The van der Waals surface area contributed by atoms with Gasteiger partial charge in [0.25, 0.3) is 0 Å². The molecule has 38 heavy (non-hydrogen) atoms. The maximum atomic E-state index is 13.8. The SMILES string of the molecule is Cc1cc2c(-c3c[nH]c4ncc(-c5cc(NC(=O)/C=C/CN(C)C)cc(C(F)(F)F)c5)cc34)ccnc2[nH]1. The summed E-state index contributed by atoms with van der Waals surface area (Å²) in [6.07, 6.45) is 3.40. The van der Waals surface area contributed by atoms with Crippen LogP contribution in [0.5, 0.6) is 0 Å². The van der Waals surface area contributed by atoms with E-state index in [2.05, 4.69) is 25.3 Å². The molecule has 5 rings (SSSR count). The number of aromatic nitrogens is 4. The maximum Gasteiger partial charge on any atom is 0.416 e. The van der Waals surface area contributed by atoms with Gasteiger partial charge in [-0.2, -0.15) is 13.2 Å². The summed E-state index contributed by atoms with van der Waals surface area (Å²) < 4.78 is 41.3. The van der Waals surface area contributed by atoms with Crippen molar-refractivity contribution < 1.29 is 18.0 Å². The summed E-state index contributed by atoms with van der Waals surface area (Å²) in [4.78, 5) is 29.4. The molecule has 1 amide bonds. The third-order valence-corrected chi connectivity index (χ3v) is 6.09. The van der Waals surface area contributed by atoms with E-state index in [4.69, 9.17) is 0 Å². The molecular weight excluding hydrogens is 493 g/mol. The van der Waals surface area contributed by atoms with Gasteiger partial charge in [-0.1, -0.05) is 6.08 Å². The number of carbonyl (C=O) groups is 1. The van der Waals surface area contributed by atoms with E-state index in [0.717, 1.165) is 45.4 Å². The summed E-state index contributed by atoms with van der Waals surface area (Å²) >= 11 is 0. The number of nitrogens with zero attached hydrogens (tertiary/aromatic N) is 3. The fraction of sp³-hybridized carbons (Fsp3) is 0.179. The highest BCUT2D eigenvalue weighted by Gasteiger charge is 2.31. The van der Waals surface area contributed by atoms with Crippen molar-refractivity contribution in [2.24, 2.45) is 0 Å². The molecule has 0 unspecified atom stereocenters. The van der Waals surface area contributed by atoms with Gasteiger partial charge in [-0.25, -0.2) is 9.97 Å². The second-order valence-electron chi connectivity index (χ2n) is 9.35. The standard InChI is InChI=1S/C28H25F3N6O/c1-16-9-22-21(6-7-32-27(22)35-16)24-15-34-26-23(24)12-18(14-33-26)17-10-19(28(29,30)31)13-20(11-17)36-25(38)5-4-8-37(2)3/h4-7,9-15H,8H2,1-3H3,(H,32,35)(H,33,34)(H,36,38)/b5-4+. The van der Waals surface area contributed by atoms with Gasteiger partial charge in [-0.05, 0) is 68.5 Å². The lowest BCUT2D eigenvalue weighted by atomic mass is 9.99. The molecule has 0 aliphatic rings. The van der Waals surface area contributed by atoms with E-state index in [1.165, 1.54) is 18.3 Å². The van der Waals surface area contributed by atoms with E-state index < -0.39 is 17.6 Å². The predicted octanol–water partition coefficient (Wildman–Crippen LogP) is 6.16. The van der Waals surface area contributed by atoms with E-state index in [9.17, 15) is 18.0 Å². The Morgan fingerprint density at radius 3 is 2.58 bits per heavy atom. The molecule has 0 saturated carbocycles. The van der Waals surface area contributed by atoms with Crippen LogP contribution < -0.4 is 5.32 Å². The van der Waals surface area contributed by atoms with Crippen LogP contribution in [0.25, 0.3) is 44.3 Å². The van der Waals surface area contributed by atoms with E-state index in [0.29, 0.717) is 17.8 Å². The van der Waals surface area contributed by atoms with Crippen LogP contribution in [0.1, 0.15) is 11.3 Å². The molecule has 10 heteroatoms. The first-order valence-corrected chi connectivity index (χ1v) is 11.9. The van der Waals surface area contributed by atoms with E-state index in [1.54, 1.807) is 18.3 Å². The third-order valence-electron chi connectivity index (χ3n) is 6.09. The molecule has 0 atom stereocenters. The van der Waals surface area contributed by atoms with Gasteiger partial charge in [-0.3, -0.25) is 4.79 Å². The van der Waals surface area contributed by atoms with Crippen LogP contribution in [0.15, 0.2) is 67.1 Å². The second-order valence-corrected chi connectivity index (χ2v) is 9.35. The number of likely N-dealkylation sites (N-methyl/N-ethyl adjacent to an activating group) is 1. The van der Waals surface area contributed by atoms with Crippen LogP contribution in [0, 0.1) is 6.92 Å². The third kappa shape index (κ3) is 5.16. The number of aromatic amines is 2. The minimum atomic E-state index is -4.60. The molecule has 4 heterocycles. The fourth-order valence-corrected chi connectivity index (χ4v) is 4.36. The van der Waals surface area contributed by atoms with Gasteiger partial charge in [0.05, 0.1) is 5.56 Å². The summed E-state index contributed by atoms with van der Waals surface area (Å²) in [7, 11) is 3.69. The van der Waals surface area contributed by atoms with Crippen molar-refractivity contribution in [3.8, 4) is 22.3 Å². The number of carbonyl (C=O) groups excluding carboxylic acids is 1. The van der Waals surface area contributed by atoms with E-state index in [-0.39, 0.29) is 11.3 Å². The predicted molar refractivity (Wildman–Crippen MR) is 143 cm³/mol. The van der Waals surface area contributed by atoms with E-state index >= 15 is 0 Å². The average Bonchev–Trinajstić information content (AvgIpc) is 3.45. The lowest BCUT2D eigenvalue weighted by Crippen LogP contribution is -2.13. The number of amides is 1. The first-order valence-electron chi connectivity index (χ1n) is 11.9. The topological polar surface area (TPSA) is 89.7 Å². The zero-order chi connectivity index (χ0) is 27.0. The fourth-order valence-electron chi connectivity index (χ4n) is 4.36. The number of aryl methyl sites for hydroxylation is 1. The maximum absolute atomic E-state index is 13.8. The minimum absolute atomic E-state index is 0.0438. The van der Waals surface area contributed by atoms with E-state index in [1.807, 2.05) is 44.2 Å². The van der Waals surface area contributed by atoms with Crippen LogP contribution in [-0.4, -0.2) is 51.4 Å². The Kier molecular flexibility index (Phi) is 6.50. The summed E-state index contributed by atoms with van der Waals surface area (Å²) in [6, 6.07) is 9.21. The molecule has 0 saturated heterocycles. The first-order chi connectivity index (χ1) is 18.1. The first kappa shape index (κ1) is 25.2. The van der Waals surface area contributed by atoms with Gasteiger partial charge in [0.15, 0.2) is 0 Å². The number of benzene rings is 1. The summed E-state index contributed by atoms with van der Waals surface area (Å²) in [5, 5.41) is 4.24. The quantitative estimate of drug-likeness (QED) is 0.235. The van der Waals surface area contributed by atoms with Crippen LogP contribution >= 0.6 is 0 Å². The molecular formula is C28H25F3N6O. The van der Waals surface area contributed by atoms with Crippen molar-refractivity contribution in [1.29, 1.82) is 0 Å². The Bertz CT molecular complexity index is 1680. The van der Waals surface area contributed by atoms with Crippen molar-refractivity contribution in [3.05, 3.63) is 78.4 Å². The summed E-state index contributed by atoms with van der Waals surface area (Å²) in [6.45, 7) is 2.47. The highest BCUT2D eigenvalue weighted by Crippen LogP contribution is 2.38. The highest BCUT2D eigenvalue weighted by molar-refractivity contribution is 6.04. The number of hydrogen-bond acceptors (Lipinski definition) is 4. The van der Waals surface area contributed by atoms with Crippen molar-refractivity contribution in [1.82, 2.24) is 24.8 Å². The van der Waals surface area contributed by atoms with Crippen molar-refractivity contribution >= 4 is 33.7 Å². The molecule has 0 bridgehead atoms. The van der Waals surface area contributed by atoms with Crippen molar-refractivity contribution in [2.45, 2.75) is 13.1 Å². The number of pyridine rings is 2. The number of halogens is 3. The molecule has 0 aliphatic heterocycles. The summed E-state index contributed by atoms with van der Waals surface area (Å²) in [5.41, 5.74) is 4.04. The van der Waals surface area contributed by atoms with Crippen LogP contribution in [0.4, 0.5) is 18.9 Å². The summed E-state index contributed by atoms with van der Waals surface area (Å²) in [5.74, 6) is -0.512. The van der Waals surface area contributed by atoms with Gasteiger partial charge in [-0.15, -0.1) is 0 Å². The van der Waals surface area contributed by atoms with Gasteiger partial charge >= 0.3 is 6.18 Å². The largest absolute Gasteiger partial charge is 0.416 e. The second kappa shape index (κ2) is 9.79. The van der Waals surface area contributed by atoms with Gasteiger partial charge in [0.1, 0.15) is 11.3 Å². The smallest absolute Gasteiger partial charge is 0.346 e. The number of rotatable bonds is 6. The van der Waals surface area contributed by atoms with Crippen LogP contribution in [0.3, 0.4) is 0 Å². The molecule has 7 nitrogen and oxygen atoms in total. The number of hydrogen-bond donors (Lipinski definition) is 3. The molecule has 0 spiro atoms. The number of nitrogens with one attached hydrogen (secondary N) is 3. The Morgan fingerprint density at radius 2 is 1.82 bits per heavy atom. The van der Waals surface area contributed by atoms with Crippen LogP contribution in [-0.2, 0) is 11.0 Å². The zero-order valence-electron chi connectivity index (χ0n) is 20.9. The number of anilines is 1. The molecule has 0 fully saturated rings. The Morgan fingerprint density at radius 1 is 1.03 bits per heavy atom. The Balaban J connectivity index is 1.57. The number of fused-ring (bicyclic) bond motifs is 2. The minimum Gasteiger partial charge on any atom is -0.346 e. The monoisotopic (exact) mass is 518 g/mol.